The number of aromatic nitrogens is 3. The van der Waals surface area contributed by atoms with Crippen molar-refractivity contribution in [1.29, 1.82) is 0 Å². The first-order valence-corrected chi connectivity index (χ1v) is 11.4. The summed E-state index contributed by atoms with van der Waals surface area (Å²) in [5.41, 5.74) is -0.0646. The molecule has 0 radical (unpaired) electrons. The van der Waals surface area contributed by atoms with Crippen LogP contribution in [0.5, 0.6) is 0 Å². The second-order valence-corrected chi connectivity index (χ2v) is 10.7. The lowest BCUT2D eigenvalue weighted by Gasteiger charge is -2.46. The van der Waals surface area contributed by atoms with Gasteiger partial charge in [0.2, 0.25) is 10.1 Å². The number of amides is 1. The highest BCUT2D eigenvalue weighted by Crippen LogP contribution is 2.42. The Balaban J connectivity index is 1.32. The number of rotatable bonds is 1. The van der Waals surface area contributed by atoms with Gasteiger partial charge in [-0.15, -0.1) is 5.10 Å². The summed E-state index contributed by atoms with van der Waals surface area (Å²) in [4.78, 5) is 22.0. The number of nitrogens with zero attached hydrogens (tertiary/aromatic N) is 5. The molecule has 9 heteroatoms. The number of fused-ring (bicyclic) bond motifs is 1. The standard InChI is InChI=1S/C18H26IN5O2S/c1-17(2,3)26-16(25)23-10-6-18(7-11-23)4-8-22(9-5-18)15-21-24-12-13(19)20-14(24)27-15/h12H,4-11H2,1-3H3. The van der Waals surface area contributed by atoms with Crippen LogP contribution in [-0.4, -0.2) is 57.4 Å². The maximum absolute atomic E-state index is 12.3. The monoisotopic (exact) mass is 503 g/mol. The van der Waals surface area contributed by atoms with E-state index in [9.17, 15) is 4.79 Å². The predicted molar refractivity (Wildman–Crippen MR) is 115 cm³/mol. The Morgan fingerprint density at radius 3 is 2.41 bits per heavy atom. The number of halogens is 1. The lowest BCUT2D eigenvalue weighted by Crippen LogP contribution is -2.49. The van der Waals surface area contributed by atoms with E-state index in [1.165, 1.54) is 0 Å². The molecule has 7 nitrogen and oxygen atoms in total. The molecule has 2 aliphatic heterocycles. The van der Waals surface area contributed by atoms with Gasteiger partial charge < -0.3 is 14.5 Å². The third-order valence-corrected chi connectivity index (χ3v) is 7.08. The van der Waals surface area contributed by atoms with Gasteiger partial charge in [-0.05, 0) is 74.5 Å². The van der Waals surface area contributed by atoms with Gasteiger partial charge in [0.05, 0.1) is 6.20 Å². The van der Waals surface area contributed by atoms with Gasteiger partial charge in [0.1, 0.15) is 9.30 Å². The van der Waals surface area contributed by atoms with Crippen LogP contribution < -0.4 is 4.90 Å². The highest BCUT2D eigenvalue weighted by molar-refractivity contribution is 14.1. The minimum absolute atomic E-state index is 0.171. The van der Waals surface area contributed by atoms with Crippen molar-refractivity contribution in [3.05, 3.63) is 9.90 Å². The van der Waals surface area contributed by atoms with Crippen LogP contribution in [0.15, 0.2) is 6.20 Å². The van der Waals surface area contributed by atoms with Crippen molar-refractivity contribution in [2.75, 3.05) is 31.1 Å². The molecule has 2 fully saturated rings. The molecule has 0 unspecified atom stereocenters. The van der Waals surface area contributed by atoms with E-state index in [-0.39, 0.29) is 6.09 Å². The molecule has 4 heterocycles. The summed E-state index contributed by atoms with van der Waals surface area (Å²) in [6, 6.07) is 0. The number of hydrogen-bond acceptors (Lipinski definition) is 6. The van der Waals surface area contributed by atoms with E-state index in [1.807, 2.05) is 36.4 Å². The number of anilines is 1. The molecule has 27 heavy (non-hydrogen) atoms. The van der Waals surface area contributed by atoms with E-state index in [0.717, 1.165) is 65.7 Å². The Bertz CT molecular complexity index is 793. The first-order chi connectivity index (χ1) is 12.7. The number of carbonyl (C=O) groups is 1. The molecule has 0 saturated carbocycles. The molecule has 1 amide bonds. The summed E-state index contributed by atoms with van der Waals surface area (Å²) in [5.74, 6) is 0. The van der Waals surface area contributed by atoms with Crippen molar-refractivity contribution < 1.29 is 9.53 Å². The topological polar surface area (TPSA) is 63.0 Å². The molecule has 2 aliphatic rings. The second kappa shape index (κ2) is 7.06. The molecule has 0 N–H and O–H groups in total. The first-order valence-electron chi connectivity index (χ1n) is 9.48. The summed E-state index contributed by atoms with van der Waals surface area (Å²) < 4.78 is 8.38. The summed E-state index contributed by atoms with van der Waals surface area (Å²) in [7, 11) is 0. The summed E-state index contributed by atoms with van der Waals surface area (Å²) in [5, 5.41) is 5.75. The fourth-order valence-corrected chi connectivity index (χ4v) is 5.54. The molecule has 148 valence electrons. The number of piperidine rings is 2. The normalized spacial score (nSPS) is 20.4. The summed E-state index contributed by atoms with van der Waals surface area (Å²) in [6.45, 7) is 9.42. The molecule has 1 spiro atoms. The fourth-order valence-electron chi connectivity index (χ4n) is 3.95. The van der Waals surface area contributed by atoms with Crippen molar-refractivity contribution in [3.63, 3.8) is 0 Å². The highest BCUT2D eigenvalue weighted by Gasteiger charge is 2.39. The largest absolute Gasteiger partial charge is 0.444 e. The molecular weight excluding hydrogens is 477 g/mol. The van der Waals surface area contributed by atoms with Crippen LogP contribution in [-0.2, 0) is 4.74 Å². The third-order valence-electron chi connectivity index (χ3n) is 5.57. The molecule has 0 aliphatic carbocycles. The van der Waals surface area contributed by atoms with Gasteiger partial charge in [-0.3, -0.25) is 0 Å². The number of likely N-dealkylation sites (tertiary alicyclic amines) is 1. The van der Waals surface area contributed by atoms with Gasteiger partial charge in [0.25, 0.3) is 0 Å². The van der Waals surface area contributed by atoms with Crippen LogP contribution in [0.2, 0.25) is 0 Å². The van der Waals surface area contributed by atoms with Crippen LogP contribution >= 0.6 is 33.9 Å². The van der Waals surface area contributed by atoms with Gasteiger partial charge in [-0.2, -0.15) is 0 Å². The van der Waals surface area contributed by atoms with E-state index in [4.69, 9.17) is 4.74 Å². The number of ether oxygens (including phenoxy) is 1. The maximum atomic E-state index is 12.3. The second-order valence-electron chi connectivity index (χ2n) is 8.63. The minimum Gasteiger partial charge on any atom is -0.444 e. The van der Waals surface area contributed by atoms with E-state index in [0.29, 0.717) is 5.41 Å². The molecule has 4 rings (SSSR count). The van der Waals surface area contributed by atoms with Crippen LogP contribution in [0.4, 0.5) is 9.93 Å². The molecular formula is C18H26IN5O2S. The van der Waals surface area contributed by atoms with Gasteiger partial charge in [-0.1, -0.05) is 11.3 Å². The molecule has 0 aromatic carbocycles. The molecule has 0 atom stereocenters. The van der Waals surface area contributed by atoms with Crippen molar-refractivity contribution in [2.45, 2.75) is 52.1 Å². The Kier molecular flexibility index (Phi) is 5.02. The average molecular weight is 503 g/mol. The SMILES string of the molecule is CC(C)(C)OC(=O)N1CCC2(CC1)CCN(c1nn3cc(I)nc3s1)CC2. The molecule has 2 saturated heterocycles. The van der Waals surface area contributed by atoms with Gasteiger partial charge in [-0.25, -0.2) is 14.3 Å². The quantitative estimate of drug-likeness (QED) is 0.551. The highest BCUT2D eigenvalue weighted by atomic mass is 127. The smallest absolute Gasteiger partial charge is 0.410 e. The van der Waals surface area contributed by atoms with Gasteiger partial charge >= 0.3 is 6.09 Å². The molecule has 0 bridgehead atoms. The predicted octanol–water partition coefficient (Wildman–Crippen LogP) is 4.01. The number of imidazole rings is 1. The van der Waals surface area contributed by atoms with Gasteiger partial charge in [0, 0.05) is 26.2 Å². The van der Waals surface area contributed by atoms with E-state index < -0.39 is 5.60 Å². The van der Waals surface area contributed by atoms with Crippen LogP contribution in [0, 0.1) is 9.12 Å². The molecule has 2 aromatic rings. The summed E-state index contributed by atoms with van der Waals surface area (Å²) >= 11 is 3.88. The number of hydrogen-bond donors (Lipinski definition) is 0. The Hall–Kier alpha value is -1.10. The van der Waals surface area contributed by atoms with Crippen molar-refractivity contribution in [2.24, 2.45) is 5.41 Å². The summed E-state index contributed by atoms with van der Waals surface area (Å²) in [6.07, 6.45) is 6.26. The van der Waals surface area contributed by atoms with E-state index in [1.54, 1.807) is 11.3 Å². The zero-order chi connectivity index (χ0) is 19.2. The minimum atomic E-state index is -0.427. The fraction of sp³-hybridized carbons (Fsp3) is 0.722. The van der Waals surface area contributed by atoms with Crippen molar-refractivity contribution in [3.8, 4) is 0 Å². The zero-order valence-corrected chi connectivity index (χ0v) is 19.0. The maximum Gasteiger partial charge on any atom is 0.410 e. The van der Waals surface area contributed by atoms with E-state index in [2.05, 4.69) is 37.6 Å². The van der Waals surface area contributed by atoms with Crippen molar-refractivity contribution >= 4 is 50.1 Å². The Labute approximate surface area is 177 Å². The van der Waals surface area contributed by atoms with E-state index >= 15 is 0 Å². The first kappa shape index (κ1) is 19.2. The Morgan fingerprint density at radius 2 is 1.81 bits per heavy atom. The van der Waals surface area contributed by atoms with Crippen molar-refractivity contribution in [1.82, 2.24) is 19.5 Å². The average Bonchev–Trinajstić information content (AvgIpc) is 3.12. The van der Waals surface area contributed by atoms with Crippen LogP contribution in [0.3, 0.4) is 0 Å². The van der Waals surface area contributed by atoms with Crippen LogP contribution in [0.25, 0.3) is 4.96 Å². The van der Waals surface area contributed by atoms with Gasteiger partial charge in [0.15, 0.2) is 0 Å². The third kappa shape index (κ3) is 4.18. The lowest BCUT2D eigenvalue weighted by molar-refractivity contribution is 0.00666. The molecule has 2 aromatic heterocycles. The zero-order valence-electron chi connectivity index (χ0n) is 16.1. The Morgan fingerprint density at radius 1 is 1.19 bits per heavy atom. The lowest BCUT2D eigenvalue weighted by atomic mass is 9.71. The van der Waals surface area contributed by atoms with Crippen LogP contribution in [0.1, 0.15) is 46.5 Å². The number of carbonyl (C=O) groups excluding carboxylic acids is 1.